The molecule has 0 aliphatic rings. The Balaban J connectivity index is 2.73. The number of amides is 1. The molecule has 0 spiro atoms. The van der Waals surface area contributed by atoms with Crippen LogP contribution in [0.5, 0.6) is 0 Å². The number of aryl methyl sites for hydroxylation is 1. The Labute approximate surface area is 105 Å². The van der Waals surface area contributed by atoms with E-state index in [0.29, 0.717) is 5.69 Å². The molecule has 0 aliphatic carbocycles. The molecule has 100 valence electrons. The fourth-order valence-corrected chi connectivity index (χ4v) is 1.62. The van der Waals surface area contributed by atoms with Crippen LogP contribution in [0.15, 0.2) is 6.20 Å². The Morgan fingerprint density at radius 3 is 2.67 bits per heavy atom. The van der Waals surface area contributed by atoms with Crippen molar-refractivity contribution >= 4 is 17.6 Å². The third-order valence-electron chi connectivity index (χ3n) is 2.56. The van der Waals surface area contributed by atoms with Crippen molar-refractivity contribution < 1.29 is 14.3 Å². The van der Waals surface area contributed by atoms with Crippen LogP contribution in [0.2, 0.25) is 0 Å². The standard InChI is InChI=1S/C11H18N4O3/c1-7(11(17)18-4)5-14(2)10(16)9-8(12)6-15(3)13-9/h6-7H,5,12H2,1-4H3. The number of esters is 1. The number of rotatable bonds is 4. The molecule has 1 unspecified atom stereocenters. The smallest absolute Gasteiger partial charge is 0.310 e. The molecule has 7 nitrogen and oxygen atoms in total. The molecule has 2 N–H and O–H groups in total. The van der Waals surface area contributed by atoms with Gasteiger partial charge in [-0.25, -0.2) is 0 Å². The van der Waals surface area contributed by atoms with Crippen LogP contribution in [0.1, 0.15) is 17.4 Å². The molecule has 1 atom stereocenters. The van der Waals surface area contributed by atoms with Crippen molar-refractivity contribution in [3.63, 3.8) is 0 Å². The molecule has 0 fully saturated rings. The second kappa shape index (κ2) is 5.52. The van der Waals surface area contributed by atoms with Crippen molar-refractivity contribution in [2.45, 2.75) is 6.92 Å². The quantitative estimate of drug-likeness (QED) is 0.757. The summed E-state index contributed by atoms with van der Waals surface area (Å²) in [4.78, 5) is 24.7. The van der Waals surface area contributed by atoms with E-state index in [9.17, 15) is 9.59 Å². The molecule has 0 saturated carbocycles. The van der Waals surface area contributed by atoms with Gasteiger partial charge in [0.1, 0.15) is 0 Å². The van der Waals surface area contributed by atoms with Crippen molar-refractivity contribution in [2.24, 2.45) is 13.0 Å². The largest absolute Gasteiger partial charge is 0.469 e. The predicted molar refractivity (Wildman–Crippen MR) is 65.8 cm³/mol. The highest BCUT2D eigenvalue weighted by molar-refractivity contribution is 5.97. The van der Waals surface area contributed by atoms with Crippen LogP contribution >= 0.6 is 0 Å². The first-order valence-corrected chi connectivity index (χ1v) is 5.49. The first-order chi connectivity index (χ1) is 8.36. The second-order valence-electron chi connectivity index (χ2n) is 4.22. The minimum atomic E-state index is -0.395. The molecule has 0 saturated heterocycles. The van der Waals surface area contributed by atoms with Gasteiger partial charge in [-0.05, 0) is 0 Å². The maximum atomic E-state index is 12.0. The molecule has 0 radical (unpaired) electrons. The predicted octanol–water partition coefficient (Wildman–Crippen LogP) is -0.117. The van der Waals surface area contributed by atoms with Gasteiger partial charge in [-0.3, -0.25) is 14.3 Å². The van der Waals surface area contributed by atoms with E-state index in [1.165, 1.54) is 16.7 Å². The van der Waals surface area contributed by atoms with E-state index in [2.05, 4.69) is 9.84 Å². The Hall–Kier alpha value is -2.05. The highest BCUT2D eigenvalue weighted by Crippen LogP contribution is 2.12. The molecule has 0 bridgehead atoms. The van der Waals surface area contributed by atoms with E-state index < -0.39 is 5.92 Å². The van der Waals surface area contributed by atoms with E-state index in [4.69, 9.17) is 5.73 Å². The molecule has 1 heterocycles. The van der Waals surface area contributed by atoms with Gasteiger partial charge in [0, 0.05) is 26.8 Å². The fraction of sp³-hybridized carbons (Fsp3) is 0.545. The van der Waals surface area contributed by atoms with Crippen molar-refractivity contribution in [1.29, 1.82) is 0 Å². The van der Waals surface area contributed by atoms with Crippen molar-refractivity contribution in [2.75, 3.05) is 26.4 Å². The Bertz CT molecular complexity index is 455. The topological polar surface area (TPSA) is 90.5 Å². The lowest BCUT2D eigenvalue weighted by molar-refractivity contribution is -0.145. The summed E-state index contributed by atoms with van der Waals surface area (Å²) in [5, 5.41) is 3.99. The fourth-order valence-electron chi connectivity index (χ4n) is 1.62. The van der Waals surface area contributed by atoms with Gasteiger partial charge in [-0.2, -0.15) is 5.10 Å². The molecule has 7 heteroatoms. The van der Waals surface area contributed by atoms with E-state index in [1.807, 2.05) is 0 Å². The molecule has 1 rings (SSSR count). The third-order valence-corrected chi connectivity index (χ3v) is 2.56. The average molecular weight is 254 g/mol. The van der Waals surface area contributed by atoms with Gasteiger partial charge >= 0.3 is 5.97 Å². The van der Waals surface area contributed by atoms with Crippen LogP contribution < -0.4 is 5.73 Å². The Kier molecular flexibility index (Phi) is 4.30. The first kappa shape index (κ1) is 14.0. The number of anilines is 1. The number of hydrogen-bond donors (Lipinski definition) is 1. The van der Waals surface area contributed by atoms with E-state index in [-0.39, 0.29) is 24.1 Å². The van der Waals surface area contributed by atoms with Gasteiger partial charge in [-0.15, -0.1) is 0 Å². The summed E-state index contributed by atoms with van der Waals surface area (Å²) in [6.07, 6.45) is 1.56. The monoisotopic (exact) mass is 254 g/mol. The van der Waals surface area contributed by atoms with Gasteiger partial charge in [0.05, 0.1) is 18.7 Å². The highest BCUT2D eigenvalue weighted by atomic mass is 16.5. The molecule has 1 aromatic rings. The zero-order valence-corrected chi connectivity index (χ0v) is 11.0. The van der Waals surface area contributed by atoms with Crippen LogP contribution in [-0.4, -0.2) is 47.3 Å². The minimum Gasteiger partial charge on any atom is -0.469 e. The average Bonchev–Trinajstić information content (AvgIpc) is 2.66. The number of ether oxygens (including phenoxy) is 1. The number of hydrogen-bond acceptors (Lipinski definition) is 5. The summed E-state index contributed by atoms with van der Waals surface area (Å²) in [7, 11) is 4.59. The molecule has 0 aromatic carbocycles. The number of carbonyl (C=O) groups is 2. The molecule has 1 amide bonds. The SMILES string of the molecule is COC(=O)C(C)CN(C)C(=O)c1nn(C)cc1N. The number of methoxy groups -OCH3 is 1. The van der Waals surface area contributed by atoms with Crippen LogP contribution in [-0.2, 0) is 16.6 Å². The molecule has 18 heavy (non-hydrogen) atoms. The summed E-state index contributed by atoms with van der Waals surface area (Å²) < 4.78 is 6.08. The molecule has 0 aliphatic heterocycles. The van der Waals surface area contributed by atoms with Gasteiger partial charge in [0.15, 0.2) is 5.69 Å². The lowest BCUT2D eigenvalue weighted by atomic mass is 10.1. The minimum absolute atomic E-state index is 0.192. The van der Waals surface area contributed by atoms with Crippen LogP contribution in [0.4, 0.5) is 5.69 Å². The number of aromatic nitrogens is 2. The van der Waals surface area contributed by atoms with E-state index in [0.717, 1.165) is 0 Å². The van der Waals surface area contributed by atoms with E-state index in [1.54, 1.807) is 27.2 Å². The first-order valence-electron chi connectivity index (χ1n) is 5.49. The van der Waals surface area contributed by atoms with Gasteiger partial charge in [-0.1, -0.05) is 6.92 Å². The zero-order chi connectivity index (χ0) is 13.9. The van der Waals surface area contributed by atoms with Crippen molar-refractivity contribution in [3.8, 4) is 0 Å². The summed E-state index contributed by atoms with van der Waals surface area (Å²) in [6, 6.07) is 0. The summed E-state index contributed by atoms with van der Waals surface area (Å²) in [6.45, 7) is 1.94. The van der Waals surface area contributed by atoms with Gasteiger partial charge in [0.2, 0.25) is 0 Å². The van der Waals surface area contributed by atoms with Crippen LogP contribution in [0, 0.1) is 5.92 Å². The van der Waals surface area contributed by atoms with Crippen molar-refractivity contribution in [1.82, 2.24) is 14.7 Å². The maximum Gasteiger partial charge on any atom is 0.310 e. The van der Waals surface area contributed by atoms with E-state index >= 15 is 0 Å². The van der Waals surface area contributed by atoms with Gasteiger partial charge < -0.3 is 15.4 Å². The lowest BCUT2D eigenvalue weighted by Gasteiger charge is -2.19. The lowest BCUT2D eigenvalue weighted by Crippen LogP contribution is -2.34. The van der Waals surface area contributed by atoms with Crippen molar-refractivity contribution in [3.05, 3.63) is 11.9 Å². The Morgan fingerprint density at radius 2 is 2.22 bits per heavy atom. The molecular weight excluding hydrogens is 236 g/mol. The van der Waals surface area contributed by atoms with Crippen LogP contribution in [0.3, 0.4) is 0 Å². The summed E-state index contributed by atoms with van der Waals surface area (Å²) in [5.41, 5.74) is 6.19. The number of nitrogens with zero attached hydrogens (tertiary/aromatic N) is 3. The summed E-state index contributed by atoms with van der Waals surface area (Å²) in [5.74, 6) is -1.07. The number of nitrogen functional groups attached to an aromatic ring is 1. The molecule has 1 aromatic heterocycles. The van der Waals surface area contributed by atoms with Gasteiger partial charge in [0.25, 0.3) is 5.91 Å². The third kappa shape index (κ3) is 2.99. The number of nitrogens with two attached hydrogens (primary N) is 1. The zero-order valence-electron chi connectivity index (χ0n) is 11.0. The maximum absolute atomic E-state index is 12.0. The second-order valence-corrected chi connectivity index (χ2v) is 4.22. The van der Waals surface area contributed by atoms with Crippen LogP contribution in [0.25, 0.3) is 0 Å². The Morgan fingerprint density at radius 1 is 1.61 bits per heavy atom. The normalized spacial score (nSPS) is 12.0. The number of carbonyl (C=O) groups excluding carboxylic acids is 2. The summed E-state index contributed by atoms with van der Waals surface area (Å²) >= 11 is 0. The molecular formula is C11H18N4O3. The highest BCUT2D eigenvalue weighted by Gasteiger charge is 2.22.